The SMILES string of the molecule is CC(OC(=O)Cc1c(F)cccc1Cl)C(=O)Nc1ncc(Cl)cc1Cl. The van der Waals surface area contributed by atoms with Crippen molar-refractivity contribution in [3.63, 3.8) is 0 Å². The van der Waals surface area contributed by atoms with Crippen LogP contribution >= 0.6 is 34.8 Å². The van der Waals surface area contributed by atoms with Crippen LogP contribution in [0.2, 0.25) is 15.1 Å². The average Bonchev–Trinajstić information content (AvgIpc) is 2.53. The van der Waals surface area contributed by atoms with Gasteiger partial charge in [0.25, 0.3) is 5.91 Å². The largest absolute Gasteiger partial charge is 0.452 e. The number of rotatable bonds is 5. The van der Waals surface area contributed by atoms with Crippen LogP contribution in [0, 0.1) is 5.82 Å². The summed E-state index contributed by atoms with van der Waals surface area (Å²) < 4.78 is 18.7. The van der Waals surface area contributed by atoms with Crippen molar-refractivity contribution < 1.29 is 18.7 Å². The zero-order valence-electron chi connectivity index (χ0n) is 12.9. The van der Waals surface area contributed by atoms with Gasteiger partial charge in [-0.05, 0) is 25.1 Å². The van der Waals surface area contributed by atoms with Crippen LogP contribution in [0.15, 0.2) is 30.5 Å². The smallest absolute Gasteiger partial charge is 0.311 e. The molecule has 0 aliphatic rings. The monoisotopic (exact) mass is 404 g/mol. The van der Waals surface area contributed by atoms with E-state index in [9.17, 15) is 14.0 Å². The second kappa shape index (κ2) is 8.47. The average molecular weight is 406 g/mol. The minimum Gasteiger partial charge on any atom is -0.452 e. The van der Waals surface area contributed by atoms with Crippen molar-refractivity contribution in [3.8, 4) is 0 Å². The molecule has 0 saturated heterocycles. The van der Waals surface area contributed by atoms with Crippen molar-refractivity contribution in [1.29, 1.82) is 0 Å². The molecular weight excluding hydrogens is 394 g/mol. The van der Waals surface area contributed by atoms with E-state index in [1.165, 1.54) is 37.4 Å². The molecule has 1 aromatic carbocycles. The van der Waals surface area contributed by atoms with Crippen LogP contribution in [0.5, 0.6) is 0 Å². The molecule has 25 heavy (non-hydrogen) atoms. The third-order valence-electron chi connectivity index (χ3n) is 3.11. The third-order valence-corrected chi connectivity index (χ3v) is 3.96. The molecule has 9 heteroatoms. The van der Waals surface area contributed by atoms with Crippen molar-refractivity contribution in [2.75, 3.05) is 5.32 Å². The molecule has 1 unspecified atom stereocenters. The standard InChI is InChI=1S/C16H12Cl3FN2O3/c1-8(16(24)22-15-12(19)5-9(17)7-21-15)25-14(23)6-10-11(18)3-2-4-13(10)20/h2-5,7-8H,6H2,1H3,(H,21,22,24). The lowest BCUT2D eigenvalue weighted by atomic mass is 10.1. The normalized spacial score (nSPS) is 11.7. The number of esters is 1. The molecule has 132 valence electrons. The summed E-state index contributed by atoms with van der Waals surface area (Å²) in [6.07, 6.45) is -0.241. The molecule has 0 aliphatic carbocycles. The van der Waals surface area contributed by atoms with Gasteiger partial charge in [-0.3, -0.25) is 9.59 Å². The quantitative estimate of drug-likeness (QED) is 0.753. The fourth-order valence-corrected chi connectivity index (χ4v) is 2.52. The van der Waals surface area contributed by atoms with Crippen molar-refractivity contribution in [1.82, 2.24) is 4.98 Å². The van der Waals surface area contributed by atoms with E-state index in [4.69, 9.17) is 39.5 Å². The predicted octanol–water partition coefficient (Wildman–Crippen LogP) is 4.29. The minimum absolute atomic E-state index is 0.00388. The number of benzene rings is 1. The number of aromatic nitrogens is 1. The Morgan fingerprint density at radius 2 is 2.00 bits per heavy atom. The zero-order chi connectivity index (χ0) is 18.6. The minimum atomic E-state index is -1.15. The highest BCUT2D eigenvalue weighted by Crippen LogP contribution is 2.23. The Labute approximate surface area is 158 Å². The molecule has 1 atom stereocenters. The molecule has 0 radical (unpaired) electrons. The van der Waals surface area contributed by atoms with Gasteiger partial charge in [0.15, 0.2) is 11.9 Å². The maximum absolute atomic E-state index is 13.7. The Morgan fingerprint density at radius 3 is 2.64 bits per heavy atom. The van der Waals surface area contributed by atoms with Crippen LogP contribution in [0.25, 0.3) is 0 Å². The predicted molar refractivity (Wildman–Crippen MR) is 93.6 cm³/mol. The number of amides is 1. The highest BCUT2D eigenvalue weighted by Gasteiger charge is 2.21. The molecule has 1 heterocycles. The van der Waals surface area contributed by atoms with Crippen molar-refractivity contribution in [3.05, 3.63) is 56.9 Å². The first-order valence-electron chi connectivity index (χ1n) is 7.02. The summed E-state index contributed by atoms with van der Waals surface area (Å²) in [4.78, 5) is 27.8. The van der Waals surface area contributed by atoms with E-state index in [-0.39, 0.29) is 21.4 Å². The van der Waals surface area contributed by atoms with Crippen LogP contribution in [-0.2, 0) is 20.7 Å². The molecule has 0 fully saturated rings. The van der Waals surface area contributed by atoms with E-state index in [2.05, 4.69) is 10.3 Å². The van der Waals surface area contributed by atoms with E-state index >= 15 is 0 Å². The summed E-state index contributed by atoms with van der Waals surface area (Å²) in [6, 6.07) is 5.46. The van der Waals surface area contributed by atoms with E-state index in [1.807, 2.05) is 0 Å². The molecule has 0 saturated carbocycles. The summed E-state index contributed by atoms with van der Waals surface area (Å²) in [6.45, 7) is 1.36. The van der Waals surface area contributed by atoms with E-state index in [0.717, 1.165) is 0 Å². The lowest BCUT2D eigenvalue weighted by molar-refractivity contribution is -0.152. The van der Waals surface area contributed by atoms with E-state index in [1.54, 1.807) is 0 Å². The number of ether oxygens (including phenoxy) is 1. The molecule has 2 aromatic rings. The first-order chi connectivity index (χ1) is 11.8. The molecule has 2 rings (SSSR count). The summed E-state index contributed by atoms with van der Waals surface area (Å²) >= 11 is 17.5. The van der Waals surface area contributed by atoms with Gasteiger partial charge in [0.2, 0.25) is 0 Å². The number of nitrogens with one attached hydrogen (secondary N) is 1. The molecule has 0 aliphatic heterocycles. The highest BCUT2D eigenvalue weighted by molar-refractivity contribution is 6.36. The van der Waals surface area contributed by atoms with E-state index < -0.39 is 30.2 Å². The van der Waals surface area contributed by atoms with Crippen LogP contribution < -0.4 is 5.32 Å². The Kier molecular flexibility index (Phi) is 6.58. The van der Waals surface area contributed by atoms with Gasteiger partial charge < -0.3 is 10.1 Å². The van der Waals surface area contributed by atoms with Crippen molar-refractivity contribution in [2.24, 2.45) is 0 Å². The molecule has 0 spiro atoms. The number of hydrogen-bond acceptors (Lipinski definition) is 4. The summed E-state index contributed by atoms with van der Waals surface area (Å²) in [7, 11) is 0. The molecule has 1 N–H and O–H groups in total. The van der Waals surface area contributed by atoms with Crippen LogP contribution in [-0.4, -0.2) is 23.0 Å². The number of anilines is 1. The summed E-state index contributed by atoms with van der Waals surface area (Å²) in [5.74, 6) is -2.00. The second-order valence-corrected chi connectivity index (χ2v) is 6.23. The Bertz CT molecular complexity index is 797. The summed E-state index contributed by atoms with van der Waals surface area (Å²) in [5.41, 5.74) is 0.00388. The number of halogens is 4. The Hall–Kier alpha value is -1.89. The lowest BCUT2D eigenvalue weighted by Crippen LogP contribution is -2.31. The maximum atomic E-state index is 13.7. The first-order valence-corrected chi connectivity index (χ1v) is 8.15. The van der Waals surface area contributed by atoms with Crippen LogP contribution in [0.3, 0.4) is 0 Å². The first kappa shape index (κ1) is 19.4. The summed E-state index contributed by atoms with van der Waals surface area (Å²) in [5, 5.41) is 2.96. The molecule has 1 aromatic heterocycles. The Balaban J connectivity index is 1.97. The molecule has 5 nitrogen and oxygen atoms in total. The van der Waals surface area contributed by atoms with Gasteiger partial charge in [0, 0.05) is 16.8 Å². The number of carbonyl (C=O) groups excluding carboxylic acids is 2. The number of nitrogens with zero attached hydrogens (tertiary/aromatic N) is 1. The Morgan fingerprint density at radius 1 is 1.28 bits per heavy atom. The maximum Gasteiger partial charge on any atom is 0.311 e. The van der Waals surface area contributed by atoms with Gasteiger partial charge in [0.05, 0.1) is 16.5 Å². The number of pyridine rings is 1. The van der Waals surface area contributed by atoms with Gasteiger partial charge >= 0.3 is 5.97 Å². The third kappa shape index (κ3) is 5.29. The lowest BCUT2D eigenvalue weighted by Gasteiger charge is -2.14. The molecule has 1 amide bonds. The van der Waals surface area contributed by atoms with Crippen molar-refractivity contribution in [2.45, 2.75) is 19.4 Å². The molecule has 0 bridgehead atoms. The van der Waals surface area contributed by atoms with Gasteiger partial charge in [0.1, 0.15) is 5.82 Å². The molecular formula is C16H12Cl3FN2O3. The highest BCUT2D eigenvalue weighted by atomic mass is 35.5. The fourth-order valence-electron chi connectivity index (χ4n) is 1.86. The number of carbonyl (C=O) groups is 2. The topological polar surface area (TPSA) is 68.3 Å². The van der Waals surface area contributed by atoms with Crippen LogP contribution in [0.4, 0.5) is 10.2 Å². The van der Waals surface area contributed by atoms with Gasteiger partial charge in [-0.15, -0.1) is 0 Å². The van der Waals surface area contributed by atoms with Gasteiger partial charge in [-0.25, -0.2) is 9.37 Å². The van der Waals surface area contributed by atoms with Crippen molar-refractivity contribution >= 4 is 52.5 Å². The van der Waals surface area contributed by atoms with E-state index in [0.29, 0.717) is 5.02 Å². The van der Waals surface area contributed by atoms with Gasteiger partial charge in [-0.1, -0.05) is 40.9 Å². The zero-order valence-corrected chi connectivity index (χ0v) is 15.1. The fraction of sp³-hybridized carbons (Fsp3) is 0.188. The number of hydrogen-bond donors (Lipinski definition) is 1. The van der Waals surface area contributed by atoms with Gasteiger partial charge in [-0.2, -0.15) is 0 Å². The second-order valence-electron chi connectivity index (χ2n) is 4.98. The van der Waals surface area contributed by atoms with Crippen LogP contribution in [0.1, 0.15) is 12.5 Å².